The van der Waals surface area contributed by atoms with E-state index in [1.54, 1.807) is 16.9 Å². The molecule has 19 heavy (non-hydrogen) atoms. The third-order valence-corrected chi connectivity index (χ3v) is 2.71. The molecule has 6 heteroatoms. The monoisotopic (exact) mass is 255 g/mol. The van der Waals surface area contributed by atoms with Crippen molar-refractivity contribution >= 4 is 5.82 Å². The molecule has 0 radical (unpaired) electrons. The quantitative estimate of drug-likeness (QED) is 0.757. The Morgan fingerprint density at radius 3 is 2.74 bits per heavy atom. The van der Waals surface area contributed by atoms with Gasteiger partial charge in [-0.25, -0.2) is 9.97 Å². The molecule has 0 saturated heterocycles. The van der Waals surface area contributed by atoms with Crippen molar-refractivity contribution in [3.63, 3.8) is 0 Å². The molecule has 0 bridgehead atoms. The standard InChI is InChI=1S/C13H13N5O/c1-8-3-4-11(19-8)13-16-10(5-12(14)17-13)9-6-15-18(2)7-9/h3-7H,1-2H3,(H2,14,16,17). The van der Waals surface area contributed by atoms with Crippen molar-refractivity contribution in [3.05, 3.63) is 36.4 Å². The fraction of sp³-hybridized carbons (Fsp3) is 0.154. The maximum atomic E-state index is 5.83. The predicted octanol–water partition coefficient (Wildman–Crippen LogP) is 2.03. The number of anilines is 1. The largest absolute Gasteiger partial charge is 0.458 e. The van der Waals surface area contributed by atoms with Crippen molar-refractivity contribution < 1.29 is 4.42 Å². The average Bonchev–Trinajstić information content (AvgIpc) is 2.97. The molecule has 0 unspecified atom stereocenters. The number of aromatic nitrogens is 4. The minimum absolute atomic E-state index is 0.401. The number of hydrogen-bond donors (Lipinski definition) is 1. The van der Waals surface area contributed by atoms with Crippen LogP contribution < -0.4 is 5.73 Å². The van der Waals surface area contributed by atoms with Gasteiger partial charge in [-0.1, -0.05) is 0 Å². The molecule has 0 atom stereocenters. The normalized spacial score (nSPS) is 10.8. The Bertz CT molecular complexity index is 670. The van der Waals surface area contributed by atoms with E-state index in [0.717, 1.165) is 17.0 Å². The van der Waals surface area contributed by atoms with Gasteiger partial charge < -0.3 is 10.2 Å². The highest BCUT2D eigenvalue weighted by Crippen LogP contribution is 2.24. The molecule has 0 amide bonds. The molecular weight excluding hydrogens is 242 g/mol. The van der Waals surface area contributed by atoms with Crippen LogP contribution >= 0.6 is 0 Å². The Hall–Kier alpha value is -2.63. The molecule has 96 valence electrons. The van der Waals surface area contributed by atoms with Gasteiger partial charge in [0.2, 0.25) is 0 Å². The maximum absolute atomic E-state index is 5.83. The molecule has 0 fully saturated rings. The van der Waals surface area contributed by atoms with E-state index < -0.39 is 0 Å². The van der Waals surface area contributed by atoms with Crippen LogP contribution in [0.15, 0.2) is 35.0 Å². The number of nitrogens with zero attached hydrogens (tertiary/aromatic N) is 4. The lowest BCUT2D eigenvalue weighted by Crippen LogP contribution is -1.97. The second-order valence-corrected chi connectivity index (χ2v) is 4.31. The van der Waals surface area contributed by atoms with Crippen LogP contribution in [0.5, 0.6) is 0 Å². The second-order valence-electron chi connectivity index (χ2n) is 4.31. The van der Waals surface area contributed by atoms with E-state index in [1.807, 2.05) is 32.3 Å². The molecule has 3 aromatic rings. The van der Waals surface area contributed by atoms with E-state index >= 15 is 0 Å². The average molecular weight is 255 g/mol. The summed E-state index contributed by atoms with van der Waals surface area (Å²) in [5.74, 6) is 2.30. The van der Waals surface area contributed by atoms with Crippen molar-refractivity contribution in [2.75, 3.05) is 5.73 Å². The summed E-state index contributed by atoms with van der Waals surface area (Å²) < 4.78 is 7.23. The van der Waals surface area contributed by atoms with E-state index in [-0.39, 0.29) is 0 Å². The van der Waals surface area contributed by atoms with E-state index in [1.165, 1.54) is 0 Å². The lowest BCUT2D eigenvalue weighted by molar-refractivity contribution is 0.544. The summed E-state index contributed by atoms with van der Waals surface area (Å²) in [6.45, 7) is 1.87. The lowest BCUT2D eigenvalue weighted by Gasteiger charge is -2.02. The molecule has 3 aromatic heterocycles. The van der Waals surface area contributed by atoms with Gasteiger partial charge in [-0.2, -0.15) is 5.10 Å². The molecule has 0 aliphatic carbocycles. The summed E-state index contributed by atoms with van der Waals surface area (Å²) in [6.07, 6.45) is 3.61. The zero-order chi connectivity index (χ0) is 13.4. The summed E-state index contributed by atoms with van der Waals surface area (Å²) in [5.41, 5.74) is 7.44. The topological polar surface area (TPSA) is 82.8 Å². The van der Waals surface area contributed by atoms with Crippen LogP contribution in [0.25, 0.3) is 22.8 Å². The van der Waals surface area contributed by atoms with Crippen molar-refractivity contribution in [1.29, 1.82) is 0 Å². The molecule has 0 saturated carbocycles. The Morgan fingerprint density at radius 1 is 1.26 bits per heavy atom. The summed E-state index contributed by atoms with van der Waals surface area (Å²) in [6, 6.07) is 5.42. The first kappa shape index (κ1) is 11.5. The van der Waals surface area contributed by atoms with Crippen LogP contribution in [0, 0.1) is 6.92 Å². The van der Waals surface area contributed by atoms with Gasteiger partial charge >= 0.3 is 0 Å². The zero-order valence-corrected chi connectivity index (χ0v) is 10.7. The van der Waals surface area contributed by atoms with Gasteiger partial charge in [0.25, 0.3) is 0 Å². The van der Waals surface area contributed by atoms with Crippen LogP contribution in [0.3, 0.4) is 0 Å². The third-order valence-electron chi connectivity index (χ3n) is 2.71. The van der Waals surface area contributed by atoms with Gasteiger partial charge in [0.1, 0.15) is 11.6 Å². The molecule has 0 spiro atoms. The van der Waals surface area contributed by atoms with Crippen molar-refractivity contribution in [2.45, 2.75) is 6.92 Å². The second kappa shape index (κ2) is 4.24. The Kier molecular flexibility index (Phi) is 2.56. The van der Waals surface area contributed by atoms with Crippen molar-refractivity contribution in [3.8, 4) is 22.8 Å². The summed E-state index contributed by atoms with van der Waals surface area (Å²) in [4.78, 5) is 8.66. The fourth-order valence-electron chi connectivity index (χ4n) is 1.83. The summed E-state index contributed by atoms with van der Waals surface area (Å²) in [7, 11) is 1.85. The molecule has 6 nitrogen and oxygen atoms in total. The molecular formula is C13H13N5O. The molecule has 0 aliphatic heterocycles. The maximum Gasteiger partial charge on any atom is 0.198 e. The highest BCUT2D eigenvalue weighted by Gasteiger charge is 2.11. The number of rotatable bonds is 2. The van der Waals surface area contributed by atoms with E-state index in [2.05, 4.69) is 15.1 Å². The zero-order valence-electron chi connectivity index (χ0n) is 10.7. The van der Waals surface area contributed by atoms with E-state index in [4.69, 9.17) is 10.2 Å². The SMILES string of the molecule is Cc1ccc(-c2nc(N)cc(-c3cnn(C)c3)n2)o1. The van der Waals surface area contributed by atoms with Gasteiger partial charge in [-0.05, 0) is 19.1 Å². The minimum atomic E-state index is 0.401. The predicted molar refractivity (Wildman–Crippen MR) is 71.1 cm³/mol. The smallest absolute Gasteiger partial charge is 0.198 e. The molecule has 2 N–H and O–H groups in total. The van der Waals surface area contributed by atoms with E-state index in [0.29, 0.717) is 17.4 Å². The first-order chi connectivity index (χ1) is 9.11. The molecule has 3 rings (SSSR count). The minimum Gasteiger partial charge on any atom is -0.458 e. The highest BCUT2D eigenvalue weighted by molar-refractivity contribution is 5.64. The number of aryl methyl sites for hydroxylation is 2. The van der Waals surface area contributed by atoms with E-state index in [9.17, 15) is 0 Å². The van der Waals surface area contributed by atoms with Gasteiger partial charge in [0.05, 0.1) is 11.9 Å². The Labute approximate surface area is 109 Å². The van der Waals surface area contributed by atoms with Gasteiger partial charge in [-0.3, -0.25) is 4.68 Å². The fourth-order valence-corrected chi connectivity index (χ4v) is 1.83. The van der Waals surface area contributed by atoms with Gasteiger partial charge in [-0.15, -0.1) is 0 Å². The Morgan fingerprint density at radius 2 is 2.11 bits per heavy atom. The molecule has 0 aromatic carbocycles. The highest BCUT2D eigenvalue weighted by atomic mass is 16.3. The number of nitrogens with two attached hydrogens (primary N) is 1. The van der Waals surface area contributed by atoms with Crippen molar-refractivity contribution in [2.24, 2.45) is 7.05 Å². The van der Waals surface area contributed by atoms with Gasteiger partial charge in [0.15, 0.2) is 11.6 Å². The van der Waals surface area contributed by atoms with Crippen LogP contribution in [-0.2, 0) is 7.05 Å². The van der Waals surface area contributed by atoms with Gasteiger partial charge in [0, 0.05) is 24.9 Å². The third kappa shape index (κ3) is 2.20. The number of furan rings is 1. The summed E-state index contributed by atoms with van der Waals surface area (Å²) in [5, 5.41) is 4.12. The summed E-state index contributed by atoms with van der Waals surface area (Å²) >= 11 is 0. The van der Waals surface area contributed by atoms with Crippen LogP contribution in [0.1, 0.15) is 5.76 Å². The van der Waals surface area contributed by atoms with Crippen molar-refractivity contribution in [1.82, 2.24) is 19.7 Å². The first-order valence-electron chi connectivity index (χ1n) is 5.82. The number of hydrogen-bond acceptors (Lipinski definition) is 5. The first-order valence-corrected chi connectivity index (χ1v) is 5.82. The van der Waals surface area contributed by atoms with Crippen LogP contribution in [0.2, 0.25) is 0 Å². The molecule has 3 heterocycles. The Balaban J connectivity index is 2.10. The lowest BCUT2D eigenvalue weighted by atomic mass is 10.2. The molecule has 0 aliphatic rings. The van der Waals surface area contributed by atoms with Crippen LogP contribution in [0.4, 0.5) is 5.82 Å². The van der Waals surface area contributed by atoms with Crippen LogP contribution in [-0.4, -0.2) is 19.7 Å². The number of nitrogen functional groups attached to an aromatic ring is 1.